The Kier molecular flexibility index (Phi) is 4.01. The summed E-state index contributed by atoms with van der Waals surface area (Å²) in [5.74, 6) is 0.390. The SMILES string of the molecule is O=C(c1cccs1)N1CCN(c2ncccc2[N+](=O)[O-])CC1. The number of carbonyl (C=O) groups is 1. The molecule has 1 saturated heterocycles. The zero-order chi connectivity index (χ0) is 15.5. The van der Waals surface area contributed by atoms with Gasteiger partial charge in [-0.15, -0.1) is 11.3 Å². The third-order valence-electron chi connectivity index (χ3n) is 3.56. The molecule has 7 nitrogen and oxygen atoms in total. The molecule has 3 rings (SSSR count). The van der Waals surface area contributed by atoms with Crippen LogP contribution in [0.2, 0.25) is 0 Å². The molecule has 2 aromatic rings. The van der Waals surface area contributed by atoms with E-state index in [1.807, 2.05) is 22.4 Å². The van der Waals surface area contributed by atoms with Crippen LogP contribution in [0.5, 0.6) is 0 Å². The van der Waals surface area contributed by atoms with Crippen LogP contribution in [-0.4, -0.2) is 46.9 Å². The molecule has 3 heterocycles. The minimum Gasteiger partial charge on any atom is -0.347 e. The summed E-state index contributed by atoms with van der Waals surface area (Å²) in [7, 11) is 0. The lowest BCUT2D eigenvalue weighted by Crippen LogP contribution is -2.49. The van der Waals surface area contributed by atoms with E-state index >= 15 is 0 Å². The molecule has 1 amide bonds. The normalized spacial score (nSPS) is 14.9. The molecule has 22 heavy (non-hydrogen) atoms. The lowest BCUT2D eigenvalue weighted by atomic mass is 10.2. The standard InChI is InChI=1S/C14H14N4O3S/c19-14(12-4-2-10-22-12)17-8-6-16(7-9-17)13-11(18(20)21)3-1-5-15-13/h1-5,10H,6-9H2. The van der Waals surface area contributed by atoms with Gasteiger partial charge in [-0.05, 0) is 17.5 Å². The molecule has 0 unspecified atom stereocenters. The molecule has 1 aliphatic heterocycles. The Labute approximate surface area is 131 Å². The number of hydrogen-bond donors (Lipinski definition) is 0. The minimum absolute atomic E-state index is 0.000494. The highest BCUT2D eigenvalue weighted by molar-refractivity contribution is 7.12. The van der Waals surface area contributed by atoms with Gasteiger partial charge in [0.2, 0.25) is 5.82 Å². The first kappa shape index (κ1) is 14.5. The van der Waals surface area contributed by atoms with E-state index < -0.39 is 4.92 Å². The van der Waals surface area contributed by atoms with E-state index in [9.17, 15) is 14.9 Å². The van der Waals surface area contributed by atoms with Crippen molar-refractivity contribution in [1.29, 1.82) is 0 Å². The molecule has 0 aliphatic carbocycles. The summed E-state index contributed by atoms with van der Waals surface area (Å²) in [5, 5.41) is 12.9. The van der Waals surface area contributed by atoms with Crippen LogP contribution in [0.4, 0.5) is 11.5 Å². The molecule has 1 fully saturated rings. The number of hydrogen-bond acceptors (Lipinski definition) is 6. The van der Waals surface area contributed by atoms with Gasteiger partial charge in [0.05, 0.1) is 9.80 Å². The second kappa shape index (κ2) is 6.10. The number of thiophene rings is 1. The lowest BCUT2D eigenvalue weighted by molar-refractivity contribution is -0.384. The van der Waals surface area contributed by atoms with Gasteiger partial charge in [-0.3, -0.25) is 14.9 Å². The summed E-state index contributed by atoms with van der Waals surface area (Å²) < 4.78 is 0. The minimum atomic E-state index is -0.425. The lowest BCUT2D eigenvalue weighted by Gasteiger charge is -2.34. The van der Waals surface area contributed by atoms with Crippen molar-refractivity contribution in [1.82, 2.24) is 9.88 Å². The molecule has 8 heteroatoms. The molecule has 0 bridgehead atoms. The summed E-state index contributed by atoms with van der Waals surface area (Å²) in [6.45, 7) is 2.14. The number of piperazine rings is 1. The maximum Gasteiger partial charge on any atom is 0.311 e. The topological polar surface area (TPSA) is 79.6 Å². The summed E-state index contributed by atoms with van der Waals surface area (Å²) in [5.41, 5.74) is 0.000494. The molecule has 0 saturated carbocycles. The number of aromatic nitrogens is 1. The zero-order valence-electron chi connectivity index (χ0n) is 11.7. The molecule has 0 aromatic carbocycles. The highest BCUT2D eigenvalue weighted by atomic mass is 32.1. The van der Waals surface area contributed by atoms with Crippen molar-refractivity contribution in [3.8, 4) is 0 Å². The van der Waals surface area contributed by atoms with Crippen LogP contribution in [0, 0.1) is 10.1 Å². The molecule has 0 atom stereocenters. The van der Waals surface area contributed by atoms with E-state index in [2.05, 4.69) is 4.98 Å². The molecule has 114 valence electrons. The Morgan fingerprint density at radius 3 is 2.64 bits per heavy atom. The fraction of sp³-hybridized carbons (Fsp3) is 0.286. The molecule has 1 aliphatic rings. The van der Waals surface area contributed by atoms with E-state index in [0.29, 0.717) is 32.0 Å². The van der Waals surface area contributed by atoms with Crippen molar-refractivity contribution in [3.05, 3.63) is 50.8 Å². The van der Waals surface area contributed by atoms with Crippen molar-refractivity contribution < 1.29 is 9.72 Å². The van der Waals surface area contributed by atoms with Gasteiger partial charge < -0.3 is 9.80 Å². The van der Waals surface area contributed by atoms with E-state index in [1.165, 1.54) is 17.4 Å². The molecule has 2 aromatic heterocycles. The average Bonchev–Trinajstić information content (AvgIpc) is 3.09. The first-order valence-electron chi connectivity index (χ1n) is 6.84. The monoisotopic (exact) mass is 318 g/mol. The van der Waals surface area contributed by atoms with Crippen molar-refractivity contribution in [2.45, 2.75) is 0 Å². The van der Waals surface area contributed by atoms with Gasteiger partial charge in [0, 0.05) is 38.4 Å². The smallest absolute Gasteiger partial charge is 0.311 e. The van der Waals surface area contributed by atoms with Gasteiger partial charge in [-0.2, -0.15) is 0 Å². The molecular formula is C14H14N4O3S. The third-order valence-corrected chi connectivity index (χ3v) is 4.42. The summed E-state index contributed by atoms with van der Waals surface area (Å²) in [6, 6.07) is 6.66. The number of carbonyl (C=O) groups excluding carboxylic acids is 1. The maximum atomic E-state index is 12.3. The summed E-state index contributed by atoms with van der Waals surface area (Å²) in [6.07, 6.45) is 1.55. The summed E-state index contributed by atoms with van der Waals surface area (Å²) in [4.78, 5) is 31.4. The van der Waals surface area contributed by atoms with Gasteiger partial charge in [-0.1, -0.05) is 6.07 Å². The Morgan fingerprint density at radius 2 is 2.00 bits per heavy atom. The number of pyridine rings is 1. The van der Waals surface area contributed by atoms with E-state index in [-0.39, 0.29) is 11.6 Å². The molecule has 0 spiro atoms. The fourth-order valence-corrected chi connectivity index (χ4v) is 3.14. The van der Waals surface area contributed by atoms with Crippen LogP contribution in [0.3, 0.4) is 0 Å². The van der Waals surface area contributed by atoms with Crippen LogP contribution in [0.25, 0.3) is 0 Å². The predicted molar refractivity (Wildman–Crippen MR) is 83.3 cm³/mol. The predicted octanol–water partition coefficient (Wildman–Crippen LogP) is 2.01. The third kappa shape index (κ3) is 2.77. The van der Waals surface area contributed by atoms with Crippen molar-refractivity contribution in [3.63, 3.8) is 0 Å². The van der Waals surface area contributed by atoms with Gasteiger partial charge in [-0.25, -0.2) is 4.98 Å². The van der Waals surface area contributed by atoms with Gasteiger partial charge in [0.25, 0.3) is 5.91 Å². The average molecular weight is 318 g/mol. The number of nitro groups is 1. The maximum absolute atomic E-state index is 12.3. The van der Waals surface area contributed by atoms with Gasteiger partial charge in [0.15, 0.2) is 0 Å². The Balaban J connectivity index is 1.70. The van der Waals surface area contributed by atoms with Crippen LogP contribution in [-0.2, 0) is 0 Å². The Bertz CT molecular complexity index is 681. The van der Waals surface area contributed by atoms with Crippen LogP contribution in [0.15, 0.2) is 35.8 Å². The summed E-state index contributed by atoms with van der Waals surface area (Å²) >= 11 is 1.42. The van der Waals surface area contributed by atoms with Crippen LogP contribution < -0.4 is 4.90 Å². The quantitative estimate of drug-likeness (QED) is 0.639. The second-order valence-electron chi connectivity index (χ2n) is 4.86. The van der Waals surface area contributed by atoms with Crippen LogP contribution in [0.1, 0.15) is 9.67 Å². The van der Waals surface area contributed by atoms with Crippen LogP contribution >= 0.6 is 11.3 Å². The number of anilines is 1. The number of nitrogens with zero attached hydrogens (tertiary/aromatic N) is 4. The Hall–Kier alpha value is -2.48. The zero-order valence-corrected chi connectivity index (χ0v) is 12.5. The van der Waals surface area contributed by atoms with Crippen molar-refractivity contribution in [2.24, 2.45) is 0 Å². The largest absolute Gasteiger partial charge is 0.347 e. The molecular weight excluding hydrogens is 304 g/mol. The molecule has 0 radical (unpaired) electrons. The number of amides is 1. The van der Waals surface area contributed by atoms with E-state index in [1.54, 1.807) is 17.2 Å². The van der Waals surface area contributed by atoms with Gasteiger partial charge >= 0.3 is 5.69 Å². The highest BCUT2D eigenvalue weighted by Gasteiger charge is 2.27. The first-order chi connectivity index (χ1) is 10.7. The van der Waals surface area contributed by atoms with E-state index in [4.69, 9.17) is 0 Å². The first-order valence-corrected chi connectivity index (χ1v) is 7.72. The highest BCUT2D eigenvalue weighted by Crippen LogP contribution is 2.26. The molecule has 0 N–H and O–H groups in total. The number of rotatable bonds is 3. The van der Waals surface area contributed by atoms with Crippen molar-refractivity contribution in [2.75, 3.05) is 31.1 Å². The fourth-order valence-electron chi connectivity index (χ4n) is 2.45. The second-order valence-corrected chi connectivity index (χ2v) is 5.81. The Morgan fingerprint density at radius 1 is 1.23 bits per heavy atom. The van der Waals surface area contributed by atoms with Crippen molar-refractivity contribution >= 4 is 28.7 Å². The van der Waals surface area contributed by atoms with Gasteiger partial charge in [0.1, 0.15) is 0 Å². The van der Waals surface area contributed by atoms with E-state index in [0.717, 1.165) is 4.88 Å².